The van der Waals surface area contributed by atoms with Gasteiger partial charge < -0.3 is 4.90 Å². The summed E-state index contributed by atoms with van der Waals surface area (Å²) >= 11 is 0. The molecule has 4 nitrogen and oxygen atoms in total. The minimum Gasteiger partial charge on any atom is -0.334 e. The van der Waals surface area contributed by atoms with Gasteiger partial charge in [-0.1, -0.05) is 36.4 Å². The molecule has 0 aliphatic carbocycles. The molecular weight excluding hydrogens is 288 g/mol. The number of aryl methyl sites for hydroxylation is 1. The van der Waals surface area contributed by atoms with Crippen LogP contribution in [0.1, 0.15) is 45.8 Å². The second-order valence-electron chi connectivity index (χ2n) is 5.95. The third-order valence-electron chi connectivity index (χ3n) is 4.26. The minimum absolute atomic E-state index is 0.0301. The molecule has 23 heavy (non-hydrogen) atoms. The number of Topliss-reactive ketones (excluding diaryl/α,β-unsaturated/α-hetero) is 1. The van der Waals surface area contributed by atoms with E-state index >= 15 is 0 Å². The molecule has 0 N–H and O–H groups in total. The van der Waals surface area contributed by atoms with E-state index in [2.05, 4.69) is 4.98 Å². The fourth-order valence-electron chi connectivity index (χ4n) is 3.08. The van der Waals surface area contributed by atoms with E-state index in [-0.39, 0.29) is 17.7 Å². The van der Waals surface area contributed by atoms with E-state index in [1.165, 1.54) is 0 Å². The molecule has 1 amide bonds. The first-order valence-corrected chi connectivity index (χ1v) is 7.98. The second-order valence-corrected chi connectivity index (χ2v) is 5.95. The van der Waals surface area contributed by atoms with Crippen LogP contribution in [0.4, 0.5) is 0 Å². The number of hydrogen-bond donors (Lipinski definition) is 0. The first-order valence-electron chi connectivity index (χ1n) is 7.98. The summed E-state index contributed by atoms with van der Waals surface area (Å²) in [5.74, 6) is 0.0181. The zero-order chi connectivity index (χ0) is 16.2. The van der Waals surface area contributed by atoms with Gasteiger partial charge in [-0.25, -0.2) is 4.98 Å². The topological polar surface area (TPSA) is 50.3 Å². The number of carbonyl (C=O) groups excluding carboxylic acids is 2. The van der Waals surface area contributed by atoms with E-state index in [9.17, 15) is 9.59 Å². The molecule has 2 heterocycles. The van der Waals surface area contributed by atoms with E-state index in [0.717, 1.165) is 18.5 Å². The van der Waals surface area contributed by atoms with Crippen molar-refractivity contribution in [1.29, 1.82) is 0 Å². The average molecular weight is 308 g/mol. The number of nitrogens with zero attached hydrogens (tertiary/aromatic N) is 2. The van der Waals surface area contributed by atoms with Crippen LogP contribution in [0.5, 0.6) is 0 Å². The van der Waals surface area contributed by atoms with E-state index in [4.69, 9.17) is 0 Å². The van der Waals surface area contributed by atoms with Crippen molar-refractivity contribution in [3.63, 3.8) is 0 Å². The van der Waals surface area contributed by atoms with E-state index in [1.807, 2.05) is 54.3 Å². The van der Waals surface area contributed by atoms with E-state index in [1.54, 1.807) is 6.07 Å². The molecule has 1 fully saturated rings. The van der Waals surface area contributed by atoms with Crippen molar-refractivity contribution in [2.24, 2.45) is 0 Å². The van der Waals surface area contributed by atoms with Crippen molar-refractivity contribution >= 4 is 11.7 Å². The smallest absolute Gasteiger partial charge is 0.272 e. The summed E-state index contributed by atoms with van der Waals surface area (Å²) < 4.78 is 0. The molecule has 0 radical (unpaired) electrons. The molecule has 0 saturated carbocycles. The third kappa shape index (κ3) is 3.47. The Morgan fingerprint density at radius 3 is 2.65 bits per heavy atom. The maximum absolute atomic E-state index is 12.7. The lowest BCUT2D eigenvalue weighted by Gasteiger charge is -2.24. The number of carbonyl (C=O) groups is 2. The first kappa shape index (κ1) is 15.4. The largest absolute Gasteiger partial charge is 0.334 e. The lowest BCUT2D eigenvalue weighted by molar-refractivity contribution is 0.0711. The number of rotatable bonds is 4. The monoisotopic (exact) mass is 308 g/mol. The molecule has 1 aromatic heterocycles. The zero-order valence-corrected chi connectivity index (χ0v) is 13.2. The molecular formula is C19H20N2O2. The van der Waals surface area contributed by atoms with Crippen LogP contribution in [0.25, 0.3) is 0 Å². The van der Waals surface area contributed by atoms with Gasteiger partial charge in [-0.05, 0) is 31.9 Å². The predicted octanol–water partition coefficient (Wildman–Crippen LogP) is 3.27. The van der Waals surface area contributed by atoms with Crippen molar-refractivity contribution in [3.05, 3.63) is 65.5 Å². The van der Waals surface area contributed by atoms with Crippen LogP contribution in [-0.4, -0.2) is 34.2 Å². The lowest BCUT2D eigenvalue weighted by Crippen LogP contribution is -2.37. The average Bonchev–Trinajstić information content (AvgIpc) is 3.03. The van der Waals surface area contributed by atoms with Gasteiger partial charge >= 0.3 is 0 Å². The Bertz CT molecular complexity index is 712. The van der Waals surface area contributed by atoms with Crippen LogP contribution < -0.4 is 0 Å². The molecule has 1 aliphatic heterocycles. The highest BCUT2D eigenvalue weighted by molar-refractivity contribution is 5.97. The molecule has 0 spiro atoms. The van der Waals surface area contributed by atoms with Gasteiger partial charge in [0, 0.05) is 30.3 Å². The Labute approximate surface area is 136 Å². The molecule has 4 heteroatoms. The van der Waals surface area contributed by atoms with Crippen molar-refractivity contribution < 1.29 is 9.59 Å². The van der Waals surface area contributed by atoms with Crippen LogP contribution in [0.15, 0.2) is 48.5 Å². The Kier molecular flexibility index (Phi) is 4.51. The Balaban J connectivity index is 1.73. The number of pyridine rings is 1. The van der Waals surface area contributed by atoms with Crippen LogP contribution in [0, 0.1) is 6.92 Å². The Hall–Kier alpha value is -2.49. The standard InChI is InChI=1S/C19H20N2O2/c1-14-7-5-11-17(20-14)19(23)21-12-6-10-16(21)13-18(22)15-8-3-2-4-9-15/h2-5,7-9,11,16H,6,10,12-13H2,1H3/t16-/m1/s1. The van der Waals surface area contributed by atoms with Gasteiger partial charge in [0.15, 0.2) is 5.78 Å². The summed E-state index contributed by atoms with van der Waals surface area (Å²) in [4.78, 5) is 31.2. The first-order chi connectivity index (χ1) is 11.1. The summed E-state index contributed by atoms with van der Waals surface area (Å²) in [6, 6.07) is 14.7. The SMILES string of the molecule is Cc1cccc(C(=O)N2CCC[C@@H]2CC(=O)c2ccccc2)n1. The molecule has 0 bridgehead atoms. The highest BCUT2D eigenvalue weighted by atomic mass is 16.2. The van der Waals surface area contributed by atoms with E-state index in [0.29, 0.717) is 24.2 Å². The number of ketones is 1. The van der Waals surface area contributed by atoms with Crippen LogP contribution in [-0.2, 0) is 0 Å². The maximum atomic E-state index is 12.7. The fourth-order valence-corrected chi connectivity index (χ4v) is 3.08. The molecule has 1 saturated heterocycles. The van der Waals surface area contributed by atoms with E-state index < -0.39 is 0 Å². The van der Waals surface area contributed by atoms with Crippen molar-refractivity contribution in [3.8, 4) is 0 Å². The Morgan fingerprint density at radius 2 is 1.91 bits per heavy atom. The predicted molar refractivity (Wildman–Crippen MR) is 88.4 cm³/mol. The van der Waals surface area contributed by atoms with Crippen LogP contribution >= 0.6 is 0 Å². The van der Waals surface area contributed by atoms with Crippen LogP contribution in [0.2, 0.25) is 0 Å². The van der Waals surface area contributed by atoms with Gasteiger partial charge in [0.25, 0.3) is 5.91 Å². The summed E-state index contributed by atoms with van der Waals surface area (Å²) in [7, 11) is 0. The van der Waals surface area contributed by atoms with Gasteiger partial charge in [0.2, 0.25) is 0 Å². The number of hydrogen-bond acceptors (Lipinski definition) is 3. The van der Waals surface area contributed by atoms with Crippen molar-refractivity contribution in [2.75, 3.05) is 6.54 Å². The quantitative estimate of drug-likeness (QED) is 0.815. The normalized spacial score (nSPS) is 17.3. The van der Waals surface area contributed by atoms with Gasteiger partial charge in [0.1, 0.15) is 5.69 Å². The summed E-state index contributed by atoms with van der Waals surface area (Å²) in [6.45, 7) is 2.57. The summed E-state index contributed by atoms with van der Waals surface area (Å²) in [5.41, 5.74) is 2.00. The molecule has 1 atom stereocenters. The number of aromatic nitrogens is 1. The molecule has 2 aromatic rings. The zero-order valence-electron chi connectivity index (χ0n) is 13.2. The minimum atomic E-state index is -0.0722. The van der Waals surface area contributed by atoms with Crippen molar-refractivity contribution in [1.82, 2.24) is 9.88 Å². The summed E-state index contributed by atoms with van der Waals surface area (Å²) in [6.07, 6.45) is 2.18. The number of benzene rings is 1. The third-order valence-corrected chi connectivity index (χ3v) is 4.26. The number of likely N-dealkylation sites (tertiary alicyclic amines) is 1. The van der Waals surface area contributed by atoms with Crippen molar-refractivity contribution in [2.45, 2.75) is 32.2 Å². The Morgan fingerprint density at radius 1 is 1.13 bits per heavy atom. The lowest BCUT2D eigenvalue weighted by atomic mass is 10.0. The molecule has 0 unspecified atom stereocenters. The fraction of sp³-hybridized carbons (Fsp3) is 0.316. The maximum Gasteiger partial charge on any atom is 0.272 e. The molecule has 3 rings (SSSR count). The highest BCUT2D eigenvalue weighted by Gasteiger charge is 2.31. The van der Waals surface area contributed by atoms with Gasteiger partial charge in [0.05, 0.1) is 0 Å². The highest BCUT2D eigenvalue weighted by Crippen LogP contribution is 2.23. The molecule has 118 valence electrons. The summed E-state index contributed by atoms with van der Waals surface area (Å²) in [5, 5.41) is 0. The van der Waals surface area contributed by atoms with Crippen LogP contribution in [0.3, 0.4) is 0 Å². The van der Waals surface area contributed by atoms with Gasteiger partial charge in [-0.2, -0.15) is 0 Å². The molecule has 1 aromatic carbocycles. The van der Waals surface area contributed by atoms with Gasteiger partial charge in [-0.3, -0.25) is 9.59 Å². The second kappa shape index (κ2) is 6.73. The number of amides is 1. The van der Waals surface area contributed by atoms with Gasteiger partial charge in [-0.15, -0.1) is 0 Å². The molecule has 1 aliphatic rings.